The Balaban J connectivity index is 1.47. The molecule has 0 aliphatic carbocycles. The minimum Gasteiger partial charge on any atom is -0.355 e. The van der Waals surface area contributed by atoms with Gasteiger partial charge in [0.05, 0.1) is 0 Å². The minimum atomic E-state index is -0.0343. The summed E-state index contributed by atoms with van der Waals surface area (Å²) in [4.78, 5) is 19.3. The average molecular weight is 364 g/mol. The molecule has 1 fully saturated rings. The number of nitrogens with zero attached hydrogens (tertiary/aromatic N) is 4. The van der Waals surface area contributed by atoms with Gasteiger partial charge in [0.1, 0.15) is 5.82 Å². The van der Waals surface area contributed by atoms with Gasteiger partial charge in [-0.3, -0.25) is 4.79 Å². The maximum Gasteiger partial charge on any atom is 0.276 e. The van der Waals surface area contributed by atoms with E-state index in [2.05, 4.69) is 14.7 Å². The summed E-state index contributed by atoms with van der Waals surface area (Å²) in [6, 6.07) is 11.7. The van der Waals surface area contributed by atoms with E-state index in [4.69, 9.17) is 4.52 Å². The first-order valence-corrected chi connectivity index (χ1v) is 9.53. The number of piperidine rings is 1. The van der Waals surface area contributed by atoms with Crippen molar-refractivity contribution >= 4 is 5.91 Å². The Bertz CT molecular complexity index is 900. The van der Waals surface area contributed by atoms with Crippen molar-refractivity contribution in [2.75, 3.05) is 6.54 Å². The molecule has 1 saturated heterocycles. The molecule has 140 valence electrons. The summed E-state index contributed by atoms with van der Waals surface area (Å²) in [6.45, 7) is 3.65. The maximum atomic E-state index is 13.1. The number of imidazole rings is 1. The summed E-state index contributed by atoms with van der Waals surface area (Å²) in [5.41, 5.74) is 1.31. The second kappa shape index (κ2) is 7.78. The molecule has 0 spiro atoms. The highest BCUT2D eigenvalue weighted by Gasteiger charge is 2.29. The number of benzene rings is 1. The van der Waals surface area contributed by atoms with Crippen LogP contribution < -0.4 is 0 Å². The highest BCUT2D eigenvalue weighted by atomic mass is 16.5. The summed E-state index contributed by atoms with van der Waals surface area (Å²) in [5, 5.41) is 4.04. The van der Waals surface area contributed by atoms with Crippen LogP contribution in [0.2, 0.25) is 0 Å². The number of hydrogen-bond acceptors (Lipinski definition) is 4. The lowest BCUT2D eigenvalue weighted by molar-refractivity contribution is 0.0585. The molecule has 3 heterocycles. The third-order valence-corrected chi connectivity index (χ3v) is 5.30. The van der Waals surface area contributed by atoms with Crippen molar-refractivity contribution in [2.45, 2.75) is 45.2 Å². The fourth-order valence-corrected chi connectivity index (χ4v) is 3.76. The largest absolute Gasteiger partial charge is 0.355 e. The molecule has 2 aromatic heterocycles. The number of aromatic nitrogens is 3. The summed E-state index contributed by atoms with van der Waals surface area (Å²) in [6.07, 6.45) is 7.96. The second-order valence-corrected chi connectivity index (χ2v) is 7.05. The van der Waals surface area contributed by atoms with Gasteiger partial charge in [-0.15, -0.1) is 0 Å². The summed E-state index contributed by atoms with van der Waals surface area (Å²) in [5.74, 6) is 1.60. The van der Waals surface area contributed by atoms with Crippen LogP contribution in [0.25, 0.3) is 11.3 Å². The van der Waals surface area contributed by atoms with Crippen molar-refractivity contribution in [2.24, 2.45) is 0 Å². The fraction of sp³-hybridized carbons (Fsp3) is 0.381. The van der Waals surface area contributed by atoms with E-state index in [0.717, 1.165) is 50.2 Å². The van der Waals surface area contributed by atoms with Crippen LogP contribution in [-0.2, 0) is 6.54 Å². The molecule has 0 unspecified atom stereocenters. The van der Waals surface area contributed by atoms with E-state index < -0.39 is 0 Å². The molecule has 1 amide bonds. The number of aryl methyl sites for hydroxylation is 2. The van der Waals surface area contributed by atoms with E-state index >= 15 is 0 Å². The molecule has 1 aliphatic rings. The van der Waals surface area contributed by atoms with Crippen molar-refractivity contribution < 1.29 is 9.32 Å². The molecular formula is C21H24N4O2. The molecule has 27 heavy (non-hydrogen) atoms. The lowest BCUT2D eigenvalue weighted by Gasteiger charge is -2.35. The van der Waals surface area contributed by atoms with Crippen molar-refractivity contribution in [1.29, 1.82) is 0 Å². The highest BCUT2D eigenvalue weighted by molar-refractivity contribution is 5.93. The zero-order chi connectivity index (χ0) is 18.6. The monoisotopic (exact) mass is 364 g/mol. The smallest absolute Gasteiger partial charge is 0.276 e. The Morgan fingerprint density at radius 3 is 2.89 bits per heavy atom. The summed E-state index contributed by atoms with van der Waals surface area (Å²) < 4.78 is 7.56. The Hall–Kier alpha value is -2.89. The van der Waals surface area contributed by atoms with Crippen molar-refractivity contribution in [1.82, 2.24) is 19.6 Å². The van der Waals surface area contributed by atoms with Gasteiger partial charge >= 0.3 is 0 Å². The first kappa shape index (κ1) is 17.5. The van der Waals surface area contributed by atoms with Gasteiger partial charge in [-0.05, 0) is 32.6 Å². The van der Waals surface area contributed by atoms with E-state index in [1.54, 1.807) is 6.07 Å². The molecule has 6 nitrogen and oxygen atoms in total. The van der Waals surface area contributed by atoms with Crippen molar-refractivity contribution in [3.63, 3.8) is 0 Å². The van der Waals surface area contributed by atoms with Crippen LogP contribution >= 0.6 is 0 Å². The zero-order valence-electron chi connectivity index (χ0n) is 15.5. The average Bonchev–Trinajstić information content (AvgIpc) is 3.36. The molecule has 0 saturated carbocycles. The number of carbonyl (C=O) groups excluding carboxylic acids is 1. The van der Waals surface area contributed by atoms with Gasteiger partial charge in [0, 0.05) is 43.2 Å². The third kappa shape index (κ3) is 3.79. The van der Waals surface area contributed by atoms with Crippen LogP contribution in [0.3, 0.4) is 0 Å². The lowest BCUT2D eigenvalue weighted by atomic mass is 9.98. The van der Waals surface area contributed by atoms with Crippen LogP contribution in [-0.4, -0.2) is 38.1 Å². The Kier molecular flexibility index (Phi) is 5.05. The van der Waals surface area contributed by atoms with E-state index in [0.29, 0.717) is 11.5 Å². The molecule has 1 aliphatic heterocycles. The van der Waals surface area contributed by atoms with Crippen LogP contribution in [0.4, 0.5) is 0 Å². The van der Waals surface area contributed by atoms with Gasteiger partial charge < -0.3 is 14.0 Å². The van der Waals surface area contributed by atoms with Gasteiger partial charge in [-0.25, -0.2) is 4.98 Å². The van der Waals surface area contributed by atoms with Gasteiger partial charge in [-0.2, -0.15) is 0 Å². The molecule has 6 heteroatoms. The molecule has 4 rings (SSSR count). The number of amides is 1. The van der Waals surface area contributed by atoms with Crippen LogP contribution in [0.5, 0.6) is 0 Å². The molecule has 0 bridgehead atoms. The van der Waals surface area contributed by atoms with Gasteiger partial charge in [0.2, 0.25) is 0 Å². The topological polar surface area (TPSA) is 64.2 Å². The Labute approximate surface area is 158 Å². The third-order valence-electron chi connectivity index (χ3n) is 5.30. The molecular weight excluding hydrogens is 340 g/mol. The molecule has 3 aromatic rings. The van der Waals surface area contributed by atoms with Gasteiger partial charge in [0.15, 0.2) is 11.5 Å². The predicted octanol–water partition coefficient (Wildman–Crippen LogP) is 3.93. The Morgan fingerprint density at radius 2 is 2.11 bits per heavy atom. The SMILES string of the molecule is Cc1nccn1CC[C@@H]1CCCCN1C(=O)c1cc(-c2ccccc2)on1. The molecule has 0 N–H and O–H groups in total. The van der Waals surface area contributed by atoms with Gasteiger partial charge in [0.25, 0.3) is 5.91 Å². The van der Waals surface area contributed by atoms with E-state index in [9.17, 15) is 4.79 Å². The number of rotatable bonds is 5. The summed E-state index contributed by atoms with van der Waals surface area (Å²) >= 11 is 0. The standard InChI is InChI=1S/C21H24N4O2/c1-16-22-11-14-24(16)13-10-18-9-5-6-12-25(18)21(26)19-15-20(27-23-19)17-7-3-2-4-8-17/h2-4,7-8,11,14-15,18H,5-6,9-10,12-13H2,1H3/t18-/m0/s1. The van der Waals surface area contributed by atoms with Gasteiger partial charge in [-0.1, -0.05) is 35.5 Å². The molecule has 1 atom stereocenters. The van der Waals surface area contributed by atoms with E-state index in [-0.39, 0.29) is 11.9 Å². The predicted molar refractivity (Wildman–Crippen MR) is 102 cm³/mol. The first-order valence-electron chi connectivity index (χ1n) is 9.53. The number of carbonyl (C=O) groups is 1. The normalized spacial score (nSPS) is 17.2. The second-order valence-electron chi connectivity index (χ2n) is 7.05. The minimum absolute atomic E-state index is 0.0343. The van der Waals surface area contributed by atoms with E-state index in [1.165, 1.54) is 0 Å². The van der Waals surface area contributed by atoms with E-state index in [1.807, 2.05) is 54.5 Å². The fourth-order valence-electron chi connectivity index (χ4n) is 3.76. The van der Waals surface area contributed by atoms with Crippen LogP contribution in [0.1, 0.15) is 42.0 Å². The van der Waals surface area contributed by atoms with Crippen LogP contribution in [0, 0.1) is 6.92 Å². The number of likely N-dealkylation sites (tertiary alicyclic amines) is 1. The van der Waals surface area contributed by atoms with Crippen molar-refractivity contribution in [3.8, 4) is 11.3 Å². The quantitative estimate of drug-likeness (QED) is 0.688. The zero-order valence-corrected chi connectivity index (χ0v) is 15.5. The van der Waals surface area contributed by atoms with Crippen LogP contribution in [0.15, 0.2) is 53.3 Å². The molecule has 0 radical (unpaired) electrons. The Morgan fingerprint density at radius 1 is 1.26 bits per heavy atom. The molecule has 1 aromatic carbocycles. The summed E-state index contributed by atoms with van der Waals surface area (Å²) in [7, 11) is 0. The highest BCUT2D eigenvalue weighted by Crippen LogP contribution is 2.25. The van der Waals surface area contributed by atoms with Crippen molar-refractivity contribution in [3.05, 3.63) is 60.3 Å². The number of hydrogen-bond donors (Lipinski definition) is 0. The first-order chi connectivity index (χ1) is 13.2. The maximum absolute atomic E-state index is 13.1. The lowest BCUT2D eigenvalue weighted by Crippen LogP contribution is -2.44.